The first kappa shape index (κ1) is 16.5. The molecule has 0 radical (unpaired) electrons. The summed E-state index contributed by atoms with van der Waals surface area (Å²) in [6, 6.07) is 2.46. The van der Waals surface area contributed by atoms with Crippen molar-refractivity contribution in [2.75, 3.05) is 18.4 Å². The van der Waals surface area contributed by atoms with E-state index in [0.717, 1.165) is 18.2 Å². The maximum Gasteiger partial charge on any atom is 0.244 e. The smallest absolute Gasteiger partial charge is 0.207 e. The van der Waals surface area contributed by atoms with Crippen LogP contribution in [-0.2, 0) is 10.0 Å². The Balaban J connectivity index is 2.30. The number of halogens is 4. The second-order valence-electron chi connectivity index (χ2n) is 4.67. The van der Waals surface area contributed by atoms with E-state index >= 15 is 0 Å². The Bertz CT molecular complexity index is 612. The maximum absolute atomic E-state index is 13.7. The van der Waals surface area contributed by atoms with Crippen molar-refractivity contribution in [2.45, 2.75) is 17.7 Å². The molecular formula is C12H13BrCl2FNO2S. The van der Waals surface area contributed by atoms with Crippen LogP contribution in [0, 0.1) is 11.7 Å². The fourth-order valence-electron chi connectivity index (χ4n) is 2.25. The molecule has 0 aliphatic carbocycles. The van der Waals surface area contributed by atoms with Gasteiger partial charge in [-0.3, -0.25) is 0 Å². The molecule has 0 aromatic heterocycles. The van der Waals surface area contributed by atoms with Gasteiger partial charge in [-0.1, -0.05) is 39.1 Å². The van der Waals surface area contributed by atoms with Crippen LogP contribution in [0.2, 0.25) is 10.0 Å². The van der Waals surface area contributed by atoms with Crippen molar-refractivity contribution in [2.24, 2.45) is 5.92 Å². The van der Waals surface area contributed by atoms with Crippen LogP contribution in [0.5, 0.6) is 0 Å². The zero-order chi connectivity index (χ0) is 14.9. The lowest BCUT2D eigenvalue weighted by Crippen LogP contribution is -2.29. The van der Waals surface area contributed by atoms with Gasteiger partial charge in [-0.2, -0.15) is 4.31 Å². The van der Waals surface area contributed by atoms with E-state index in [1.165, 1.54) is 16.4 Å². The predicted octanol–water partition coefficient (Wildman–Crippen LogP) is 3.93. The zero-order valence-corrected chi connectivity index (χ0v) is 14.4. The van der Waals surface area contributed by atoms with Gasteiger partial charge < -0.3 is 0 Å². The second-order valence-corrected chi connectivity index (χ2v) is 8.15. The molecule has 0 amide bonds. The van der Waals surface area contributed by atoms with Crippen LogP contribution in [0.4, 0.5) is 4.39 Å². The monoisotopic (exact) mass is 403 g/mol. The molecule has 0 saturated carbocycles. The van der Waals surface area contributed by atoms with Crippen LogP contribution in [0.15, 0.2) is 17.0 Å². The lowest BCUT2D eigenvalue weighted by molar-refractivity contribution is 0.453. The standard InChI is InChI=1S/C12H13BrCl2FNO2S/c13-5-3-8-4-6-17(7-8)20(18,19)10-2-1-9(14)12(16)11(10)15/h1-2,8H,3-7H2. The molecule has 3 nitrogen and oxygen atoms in total. The number of benzene rings is 1. The normalized spacial score (nSPS) is 20.5. The molecule has 20 heavy (non-hydrogen) atoms. The van der Waals surface area contributed by atoms with E-state index in [0.29, 0.717) is 19.0 Å². The SMILES string of the molecule is O=S(=O)(c1ccc(Cl)c(F)c1Cl)N1CCC(CCBr)C1. The Morgan fingerprint density at radius 1 is 1.40 bits per heavy atom. The van der Waals surface area contributed by atoms with Crippen LogP contribution in [-0.4, -0.2) is 31.1 Å². The molecule has 2 rings (SSSR count). The minimum atomic E-state index is -3.77. The molecule has 1 fully saturated rings. The second kappa shape index (κ2) is 6.48. The van der Waals surface area contributed by atoms with Crippen molar-refractivity contribution >= 4 is 49.2 Å². The summed E-state index contributed by atoms with van der Waals surface area (Å²) >= 11 is 14.7. The van der Waals surface area contributed by atoms with Crippen molar-refractivity contribution in [1.29, 1.82) is 0 Å². The molecule has 1 heterocycles. The molecule has 1 aliphatic heterocycles. The van der Waals surface area contributed by atoms with Gasteiger partial charge in [-0.25, -0.2) is 12.8 Å². The van der Waals surface area contributed by atoms with Gasteiger partial charge in [0.25, 0.3) is 0 Å². The minimum Gasteiger partial charge on any atom is -0.207 e. The highest BCUT2D eigenvalue weighted by Crippen LogP contribution is 2.33. The van der Waals surface area contributed by atoms with Crippen molar-refractivity contribution in [1.82, 2.24) is 4.31 Å². The Labute approximate surface area is 136 Å². The number of sulfonamides is 1. The lowest BCUT2D eigenvalue weighted by atomic mass is 10.1. The largest absolute Gasteiger partial charge is 0.244 e. The summed E-state index contributed by atoms with van der Waals surface area (Å²) in [4.78, 5) is -0.222. The first-order chi connectivity index (χ1) is 9.37. The van der Waals surface area contributed by atoms with Crippen LogP contribution < -0.4 is 0 Å². The highest BCUT2D eigenvalue weighted by Gasteiger charge is 2.34. The molecule has 112 valence electrons. The van der Waals surface area contributed by atoms with Crippen LogP contribution in [0.1, 0.15) is 12.8 Å². The Morgan fingerprint density at radius 3 is 2.75 bits per heavy atom. The molecule has 0 bridgehead atoms. The molecule has 1 saturated heterocycles. The molecule has 1 aliphatic rings. The van der Waals surface area contributed by atoms with E-state index in [1.54, 1.807) is 0 Å². The van der Waals surface area contributed by atoms with Gasteiger partial charge >= 0.3 is 0 Å². The molecule has 1 aromatic carbocycles. The molecule has 8 heteroatoms. The van der Waals surface area contributed by atoms with Crippen LogP contribution in [0.3, 0.4) is 0 Å². The highest BCUT2D eigenvalue weighted by atomic mass is 79.9. The lowest BCUT2D eigenvalue weighted by Gasteiger charge is -2.17. The van der Waals surface area contributed by atoms with Crippen LogP contribution in [0.25, 0.3) is 0 Å². The number of hydrogen-bond acceptors (Lipinski definition) is 2. The summed E-state index contributed by atoms with van der Waals surface area (Å²) in [5, 5.41) is 0.205. The van der Waals surface area contributed by atoms with Gasteiger partial charge in [0.2, 0.25) is 10.0 Å². The number of alkyl halides is 1. The van der Waals surface area contributed by atoms with Crippen molar-refractivity contribution in [3.63, 3.8) is 0 Å². The molecule has 0 spiro atoms. The van der Waals surface area contributed by atoms with E-state index in [9.17, 15) is 12.8 Å². The Morgan fingerprint density at radius 2 is 2.10 bits per heavy atom. The molecule has 1 aromatic rings. The van der Waals surface area contributed by atoms with Gasteiger partial charge in [-0.05, 0) is 30.9 Å². The number of nitrogens with zero attached hydrogens (tertiary/aromatic N) is 1. The summed E-state index contributed by atoms with van der Waals surface area (Å²) in [6.45, 7) is 0.870. The van der Waals surface area contributed by atoms with Crippen molar-refractivity contribution in [3.8, 4) is 0 Å². The summed E-state index contributed by atoms with van der Waals surface area (Å²) in [5.41, 5.74) is 0. The third kappa shape index (κ3) is 3.14. The molecular weight excluding hydrogens is 392 g/mol. The third-order valence-corrected chi connectivity index (χ3v) is 6.52. The Kier molecular flexibility index (Phi) is 5.34. The van der Waals surface area contributed by atoms with Gasteiger partial charge in [0.1, 0.15) is 4.90 Å². The van der Waals surface area contributed by atoms with E-state index in [4.69, 9.17) is 23.2 Å². The highest BCUT2D eigenvalue weighted by molar-refractivity contribution is 9.09. The maximum atomic E-state index is 13.7. The molecule has 0 N–H and O–H groups in total. The summed E-state index contributed by atoms with van der Waals surface area (Å²) in [5.74, 6) is -0.578. The van der Waals surface area contributed by atoms with E-state index in [-0.39, 0.29) is 9.92 Å². The fraction of sp³-hybridized carbons (Fsp3) is 0.500. The van der Waals surface area contributed by atoms with Gasteiger partial charge in [0.15, 0.2) is 5.82 Å². The van der Waals surface area contributed by atoms with Gasteiger partial charge in [0.05, 0.1) is 10.0 Å². The van der Waals surface area contributed by atoms with Gasteiger partial charge in [-0.15, -0.1) is 0 Å². The molecule has 1 atom stereocenters. The van der Waals surface area contributed by atoms with Crippen molar-refractivity contribution in [3.05, 3.63) is 28.0 Å². The average molecular weight is 405 g/mol. The van der Waals surface area contributed by atoms with E-state index in [1.807, 2.05) is 0 Å². The minimum absolute atomic E-state index is 0.187. The fourth-order valence-corrected chi connectivity index (χ4v) is 5.15. The summed E-state index contributed by atoms with van der Waals surface area (Å²) in [7, 11) is -3.77. The topological polar surface area (TPSA) is 37.4 Å². The molecule has 1 unspecified atom stereocenters. The van der Waals surface area contributed by atoms with Crippen molar-refractivity contribution < 1.29 is 12.8 Å². The quantitative estimate of drug-likeness (QED) is 0.563. The first-order valence-electron chi connectivity index (χ1n) is 6.07. The third-order valence-electron chi connectivity index (χ3n) is 3.38. The number of rotatable bonds is 4. The van der Waals surface area contributed by atoms with Crippen LogP contribution >= 0.6 is 39.1 Å². The summed E-state index contributed by atoms with van der Waals surface area (Å²) in [6.07, 6.45) is 1.72. The van der Waals surface area contributed by atoms with E-state index < -0.39 is 20.9 Å². The predicted molar refractivity (Wildman–Crippen MR) is 81.7 cm³/mol. The average Bonchev–Trinajstić information content (AvgIpc) is 2.85. The van der Waals surface area contributed by atoms with E-state index in [2.05, 4.69) is 15.9 Å². The van der Waals surface area contributed by atoms with Gasteiger partial charge in [0, 0.05) is 18.4 Å². The summed E-state index contributed by atoms with van der Waals surface area (Å²) < 4.78 is 40.0. The Hall–Kier alpha value is 0.120. The number of hydrogen-bond donors (Lipinski definition) is 0. The first-order valence-corrected chi connectivity index (χ1v) is 9.39. The zero-order valence-electron chi connectivity index (χ0n) is 10.5.